The molecule has 0 bridgehead atoms. The molecule has 1 aliphatic rings. The summed E-state index contributed by atoms with van der Waals surface area (Å²) < 4.78 is 4.56. The van der Waals surface area contributed by atoms with Crippen LogP contribution in [0, 0.1) is 0 Å². The Morgan fingerprint density at radius 1 is 1.00 bits per heavy atom. The Kier molecular flexibility index (Phi) is 2.15. The SMILES string of the molecule is O=C1OC(=O)c2c1cc(Cl)c1c(Cl)cccc21. The maximum absolute atomic E-state index is 11.6. The van der Waals surface area contributed by atoms with E-state index in [0.29, 0.717) is 20.8 Å². The maximum Gasteiger partial charge on any atom is 0.347 e. The van der Waals surface area contributed by atoms with Gasteiger partial charge in [0.05, 0.1) is 16.1 Å². The first-order valence-electron chi connectivity index (χ1n) is 4.77. The van der Waals surface area contributed by atoms with Crippen molar-refractivity contribution >= 4 is 45.9 Å². The van der Waals surface area contributed by atoms with Gasteiger partial charge in [-0.05, 0) is 12.1 Å². The van der Waals surface area contributed by atoms with E-state index < -0.39 is 11.9 Å². The Bertz CT molecular complexity index is 692. The van der Waals surface area contributed by atoms with Gasteiger partial charge in [0, 0.05) is 15.8 Å². The topological polar surface area (TPSA) is 43.4 Å². The Balaban J connectivity index is 2.56. The monoisotopic (exact) mass is 266 g/mol. The van der Waals surface area contributed by atoms with Crippen molar-refractivity contribution in [2.75, 3.05) is 0 Å². The summed E-state index contributed by atoms with van der Waals surface area (Å²) >= 11 is 12.1. The number of hydrogen-bond acceptors (Lipinski definition) is 3. The molecule has 0 atom stereocenters. The van der Waals surface area contributed by atoms with Crippen molar-refractivity contribution < 1.29 is 14.3 Å². The first kappa shape index (κ1) is 10.6. The third-order valence-corrected chi connectivity index (χ3v) is 3.28. The summed E-state index contributed by atoms with van der Waals surface area (Å²) in [5.74, 6) is -1.33. The average Bonchev–Trinajstić information content (AvgIpc) is 2.54. The molecule has 2 aromatic carbocycles. The van der Waals surface area contributed by atoms with Crippen molar-refractivity contribution in [1.82, 2.24) is 0 Å². The zero-order valence-electron chi connectivity index (χ0n) is 8.29. The number of carbonyl (C=O) groups is 2. The lowest BCUT2D eigenvalue weighted by Crippen LogP contribution is -1.97. The number of esters is 2. The van der Waals surface area contributed by atoms with Gasteiger partial charge in [0.25, 0.3) is 0 Å². The van der Waals surface area contributed by atoms with Crippen LogP contribution < -0.4 is 0 Å². The van der Waals surface area contributed by atoms with E-state index >= 15 is 0 Å². The number of carbonyl (C=O) groups excluding carboxylic acids is 2. The Labute approximate surface area is 106 Å². The predicted molar refractivity (Wildman–Crippen MR) is 63.7 cm³/mol. The van der Waals surface area contributed by atoms with Crippen LogP contribution in [0.25, 0.3) is 10.8 Å². The van der Waals surface area contributed by atoms with E-state index in [1.165, 1.54) is 6.07 Å². The number of ether oxygens (including phenoxy) is 1. The molecule has 0 radical (unpaired) electrons. The summed E-state index contributed by atoms with van der Waals surface area (Å²) in [6.45, 7) is 0. The van der Waals surface area contributed by atoms with Gasteiger partial charge in [-0.25, -0.2) is 9.59 Å². The zero-order valence-corrected chi connectivity index (χ0v) is 9.80. The number of benzene rings is 2. The number of cyclic esters (lactones) is 2. The maximum atomic E-state index is 11.6. The van der Waals surface area contributed by atoms with Gasteiger partial charge < -0.3 is 4.74 Å². The molecule has 0 amide bonds. The van der Waals surface area contributed by atoms with Crippen LogP contribution in [0.3, 0.4) is 0 Å². The van der Waals surface area contributed by atoms with Crippen LogP contribution in [0.2, 0.25) is 10.0 Å². The molecule has 0 N–H and O–H groups in total. The molecular weight excluding hydrogens is 263 g/mol. The number of rotatable bonds is 0. The lowest BCUT2D eigenvalue weighted by molar-refractivity contribution is 0.0444. The molecular formula is C12H4Cl2O3. The largest absolute Gasteiger partial charge is 0.386 e. The second-order valence-electron chi connectivity index (χ2n) is 3.62. The van der Waals surface area contributed by atoms with Gasteiger partial charge in [0.15, 0.2) is 0 Å². The molecule has 84 valence electrons. The molecule has 3 rings (SSSR count). The van der Waals surface area contributed by atoms with Crippen LogP contribution in [-0.2, 0) is 4.74 Å². The van der Waals surface area contributed by atoms with E-state index in [1.807, 2.05) is 0 Å². The van der Waals surface area contributed by atoms with Crippen LogP contribution in [0.4, 0.5) is 0 Å². The van der Waals surface area contributed by atoms with Crippen LogP contribution in [0.1, 0.15) is 20.7 Å². The highest BCUT2D eigenvalue weighted by Gasteiger charge is 2.32. The molecule has 5 heteroatoms. The van der Waals surface area contributed by atoms with Crippen molar-refractivity contribution in [1.29, 1.82) is 0 Å². The summed E-state index contributed by atoms with van der Waals surface area (Å²) in [6, 6.07) is 6.46. The Hall–Kier alpha value is -1.58. The van der Waals surface area contributed by atoms with E-state index in [4.69, 9.17) is 23.2 Å². The number of halogens is 2. The first-order valence-corrected chi connectivity index (χ1v) is 5.52. The summed E-state index contributed by atoms with van der Waals surface area (Å²) in [4.78, 5) is 23.0. The van der Waals surface area contributed by atoms with Crippen LogP contribution in [0.5, 0.6) is 0 Å². The van der Waals surface area contributed by atoms with E-state index in [0.717, 1.165) is 0 Å². The highest BCUT2D eigenvalue weighted by atomic mass is 35.5. The highest BCUT2D eigenvalue weighted by Crippen LogP contribution is 2.37. The van der Waals surface area contributed by atoms with E-state index in [-0.39, 0.29) is 11.1 Å². The fourth-order valence-corrected chi connectivity index (χ4v) is 2.60. The van der Waals surface area contributed by atoms with Gasteiger partial charge in [0.2, 0.25) is 0 Å². The van der Waals surface area contributed by atoms with Gasteiger partial charge >= 0.3 is 11.9 Å². The molecule has 0 unspecified atom stereocenters. The predicted octanol–water partition coefficient (Wildman–Crippen LogP) is 3.46. The molecule has 3 nitrogen and oxygen atoms in total. The van der Waals surface area contributed by atoms with Gasteiger partial charge in [-0.1, -0.05) is 35.3 Å². The number of hydrogen-bond donors (Lipinski definition) is 0. The molecule has 0 fully saturated rings. The van der Waals surface area contributed by atoms with Gasteiger partial charge in [0.1, 0.15) is 0 Å². The lowest BCUT2D eigenvalue weighted by atomic mass is 10.0. The molecule has 0 aliphatic carbocycles. The molecule has 17 heavy (non-hydrogen) atoms. The molecule has 2 aromatic rings. The first-order chi connectivity index (χ1) is 8.09. The summed E-state index contributed by atoms with van der Waals surface area (Å²) in [5, 5.41) is 1.86. The lowest BCUT2D eigenvalue weighted by Gasteiger charge is -2.05. The van der Waals surface area contributed by atoms with Crippen molar-refractivity contribution in [3.8, 4) is 0 Å². The van der Waals surface area contributed by atoms with E-state index in [2.05, 4.69) is 4.74 Å². The molecule has 1 heterocycles. The molecule has 1 aliphatic heterocycles. The normalized spacial score (nSPS) is 14.0. The fourth-order valence-electron chi connectivity index (χ4n) is 1.96. The van der Waals surface area contributed by atoms with Gasteiger partial charge in [-0.15, -0.1) is 0 Å². The van der Waals surface area contributed by atoms with Crippen LogP contribution in [0.15, 0.2) is 24.3 Å². The molecule has 0 spiro atoms. The summed E-state index contributed by atoms with van der Waals surface area (Å²) in [7, 11) is 0. The van der Waals surface area contributed by atoms with E-state index in [9.17, 15) is 9.59 Å². The average molecular weight is 267 g/mol. The van der Waals surface area contributed by atoms with Crippen LogP contribution in [-0.4, -0.2) is 11.9 Å². The minimum atomic E-state index is -0.672. The summed E-state index contributed by atoms with van der Waals surface area (Å²) in [5.41, 5.74) is 0.423. The quantitative estimate of drug-likeness (QED) is 0.542. The van der Waals surface area contributed by atoms with Gasteiger partial charge in [-0.2, -0.15) is 0 Å². The zero-order chi connectivity index (χ0) is 12.2. The second-order valence-corrected chi connectivity index (χ2v) is 4.43. The molecule has 0 aromatic heterocycles. The summed E-state index contributed by atoms with van der Waals surface area (Å²) in [6.07, 6.45) is 0. The number of fused-ring (bicyclic) bond motifs is 3. The van der Waals surface area contributed by atoms with Crippen molar-refractivity contribution in [2.24, 2.45) is 0 Å². The van der Waals surface area contributed by atoms with Crippen molar-refractivity contribution in [2.45, 2.75) is 0 Å². The van der Waals surface area contributed by atoms with Crippen LogP contribution >= 0.6 is 23.2 Å². The minimum absolute atomic E-state index is 0.190. The van der Waals surface area contributed by atoms with Gasteiger partial charge in [-0.3, -0.25) is 0 Å². The molecule has 0 saturated heterocycles. The highest BCUT2D eigenvalue weighted by molar-refractivity contribution is 6.43. The second kappa shape index (κ2) is 3.45. The van der Waals surface area contributed by atoms with E-state index in [1.54, 1.807) is 18.2 Å². The Morgan fingerprint density at radius 2 is 1.76 bits per heavy atom. The third kappa shape index (κ3) is 1.36. The minimum Gasteiger partial charge on any atom is -0.386 e. The fraction of sp³-hybridized carbons (Fsp3) is 0. The van der Waals surface area contributed by atoms with Crippen molar-refractivity contribution in [3.05, 3.63) is 45.4 Å². The third-order valence-electron chi connectivity index (χ3n) is 2.67. The smallest absolute Gasteiger partial charge is 0.347 e. The van der Waals surface area contributed by atoms with Crippen molar-refractivity contribution in [3.63, 3.8) is 0 Å². The standard InChI is InChI=1S/C12H4Cl2O3/c13-7-3-1-2-5-9-6(4-8(14)10(5)7)11(15)17-12(9)16/h1-4H. The Morgan fingerprint density at radius 3 is 2.53 bits per heavy atom. The molecule has 0 saturated carbocycles.